The van der Waals surface area contributed by atoms with Gasteiger partial charge in [-0.15, -0.1) is 11.3 Å². The lowest BCUT2D eigenvalue weighted by atomic mass is 10.1. The van der Waals surface area contributed by atoms with Crippen molar-refractivity contribution in [1.82, 2.24) is 10.3 Å². The summed E-state index contributed by atoms with van der Waals surface area (Å²) in [5, 5.41) is 14.5. The van der Waals surface area contributed by atoms with Crippen molar-refractivity contribution in [3.05, 3.63) is 76.8 Å². The second-order valence-electron chi connectivity index (χ2n) is 4.88. The molecule has 0 fully saturated rings. The van der Waals surface area contributed by atoms with Crippen LogP contribution in [0.4, 0.5) is 0 Å². The first-order chi connectivity index (χ1) is 11.3. The second-order valence-corrected chi connectivity index (χ2v) is 5.74. The van der Waals surface area contributed by atoms with Gasteiger partial charge in [-0.05, 0) is 24.3 Å². The minimum absolute atomic E-state index is 0.177. The molecule has 1 heterocycles. The second kappa shape index (κ2) is 6.86. The zero-order chi connectivity index (χ0) is 16.1. The van der Waals surface area contributed by atoms with E-state index in [0.717, 1.165) is 16.3 Å². The average Bonchev–Trinajstić information content (AvgIpc) is 3.09. The number of amides is 1. The van der Waals surface area contributed by atoms with Crippen molar-refractivity contribution < 1.29 is 4.79 Å². The van der Waals surface area contributed by atoms with Crippen LogP contribution in [0.15, 0.2) is 60.0 Å². The molecular weight excluding hydrogens is 306 g/mol. The highest BCUT2D eigenvalue weighted by atomic mass is 32.1. The van der Waals surface area contributed by atoms with E-state index in [9.17, 15) is 4.79 Å². The van der Waals surface area contributed by atoms with E-state index in [4.69, 9.17) is 5.26 Å². The van der Waals surface area contributed by atoms with Crippen LogP contribution in [0.1, 0.15) is 21.6 Å². The summed E-state index contributed by atoms with van der Waals surface area (Å²) in [7, 11) is 0. The van der Waals surface area contributed by atoms with Gasteiger partial charge in [0.05, 0.1) is 23.9 Å². The van der Waals surface area contributed by atoms with Crippen molar-refractivity contribution >= 4 is 17.2 Å². The summed E-state index contributed by atoms with van der Waals surface area (Å²) < 4.78 is 0. The standard InChI is InChI=1S/C18H13N3OS/c19-10-13-6-8-14(9-7-13)17(22)20-11-16-12-23-18(21-16)15-4-2-1-3-5-15/h1-9,12H,11H2,(H,20,22). The molecular formula is C18H13N3OS. The molecule has 0 atom stereocenters. The van der Waals surface area contributed by atoms with Gasteiger partial charge in [0.2, 0.25) is 0 Å². The summed E-state index contributed by atoms with van der Waals surface area (Å²) in [6.45, 7) is 0.377. The van der Waals surface area contributed by atoms with Gasteiger partial charge in [-0.25, -0.2) is 4.98 Å². The van der Waals surface area contributed by atoms with E-state index in [-0.39, 0.29) is 5.91 Å². The van der Waals surface area contributed by atoms with Gasteiger partial charge in [0.15, 0.2) is 0 Å². The summed E-state index contributed by atoms with van der Waals surface area (Å²) >= 11 is 1.56. The van der Waals surface area contributed by atoms with Crippen LogP contribution in [-0.2, 0) is 6.54 Å². The maximum atomic E-state index is 12.1. The molecule has 0 saturated carbocycles. The topological polar surface area (TPSA) is 65.8 Å². The molecule has 3 aromatic rings. The molecule has 4 nitrogen and oxygen atoms in total. The zero-order valence-electron chi connectivity index (χ0n) is 12.2. The Balaban J connectivity index is 1.63. The van der Waals surface area contributed by atoms with Crippen molar-refractivity contribution in [2.24, 2.45) is 0 Å². The van der Waals surface area contributed by atoms with Gasteiger partial charge in [-0.3, -0.25) is 4.79 Å². The molecule has 1 aromatic heterocycles. The van der Waals surface area contributed by atoms with E-state index >= 15 is 0 Å². The Morgan fingerprint density at radius 2 is 1.87 bits per heavy atom. The van der Waals surface area contributed by atoms with Gasteiger partial charge in [0.25, 0.3) is 5.91 Å². The van der Waals surface area contributed by atoms with Gasteiger partial charge >= 0.3 is 0 Å². The van der Waals surface area contributed by atoms with E-state index in [2.05, 4.69) is 10.3 Å². The normalized spacial score (nSPS) is 10.0. The monoisotopic (exact) mass is 319 g/mol. The van der Waals surface area contributed by atoms with E-state index in [1.165, 1.54) is 0 Å². The first-order valence-corrected chi connectivity index (χ1v) is 7.92. The number of rotatable bonds is 4. The summed E-state index contributed by atoms with van der Waals surface area (Å²) in [5.74, 6) is -0.177. The fourth-order valence-corrected chi connectivity index (χ4v) is 2.90. The highest BCUT2D eigenvalue weighted by molar-refractivity contribution is 7.13. The molecule has 2 aromatic carbocycles. The maximum Gasteiger partial charge on any atom is 0.251 e. The number of carbonyl (C=O) groups excluding carboxylic acids is 1. The lowest BCUT2D eigenvalue weighted by molar-refractivity contribution is 0.0950. The van der Waals surface area contributed by atoms with Gasteiger partial charge in [0, 0.05) is 16.5 Å². The van der Waals surface area contributed by atoms with E-state index in [1.54, 1.807) is 35.6 Å². The number of carbonyl (C=O) groups is 1. The highest BCUT2D eigenvalue weighted by Crippen LogP contribution is 2.23. The van der Waals surface area contributed by atoms with Crippen LogP contribution >= 0.6 is 11.3 Å². The third-order valence-electron chi connectivity index (χ3n) is 3.28. The summed E-state index contributed by atoms with van der Waals surface area (Å²) in [5.41, 5.74) is 2.97. The number of hydrogen-bond acceptors (Lipinski definition) is 4. The Morgan fingerprint density at radius 1 is 1.13 bits per heavy atom. The Bertz CT molecular complexity index is 848. The molecule has 0 saturated heterocycles. The third kappa shape index (κ3) is 3.62. The Morgan fingerprint density at radius 3 is 2.57 bits per heavy atom. The van der Waals surface area contributed by atoms with Crippen LogP contribution in [0.25, 0.3) is 10.6 Å². The van der Waals surface area contributed by atoms with E-state index < -0.39 is 0 Å². The molecule has 0 radical (unpaired) electrons. The molecule has 1 N–H and O–H groups in total. The third-order valence-corrected chi connectivity index (χ3v) is 4.22. The van der Waals surface area contributed by atoms with Crippen LogP contribution in [0, 0.1) is 11.3 Å². The molecule has 0 aliphatic carbocycles. The number of nitrogens with one attached hydrogen (secondary N) is 1. The number of aromatic nitrogens is 1. The first-order valence-electron chi connectivity index (χ1n) is 7.04. The molecule has 23 heavy (non-hydrogen) atoms. The molecule has 0 bridgehead atoms. The summed E-state index contributed by atoms with van der Waals surface area (Å²) in [4.78, 5) is 16.6. The summed E-state index contributed by atoms with van der Waals surface area (Å²) in [6, 6.07) is 18.5. The quantitative estimate of drug-likeness (QED) is 0.799. The highest BCUT2D eigenvalue weighted by Gasteiger charge is 2.08. The lowest BCUT2D eigenvalue weighted by Gasteiger charge is -2.03. The maximum absolute atomic E-state index is 12.1. The average molecular weight is 319 g/mol. The van der Waals surface area contributed by atoms with E-state index in [0.29, 0.717) is 17.7 Å². The van der Waals surface area contributed by atoms with Crippen molar-refractivity contribution in [3.8, 4) is 16.6 Å². The molecule has 0 spiro atoms. The van der Waals surface area contributed by atoms with Crippen LogP contribution in [0.2, 0.25) is 0 Å². The Labute approximate surface area is 138 Å². The van der Waals surface area contributed by atoms with Crippen LogP contribution in [0.5, 0.6) is 0 Å². The molecule has 1 amide bonds. The van der Waals surface area contributed by atoms with Crippen LogP contribution in [0.3, 0.4) is 0 Å². The molecule has 3 rings (SSSR count). The lowest BCUT2D eigenvalue weighted by Crippen LogP contribution is -2.22. The minimum atomic E-state index is -0.177. The number of thiazole rings is 1. The predicted molar refractivity (Wildman–Crippen MR) is 89.9 cm³/mol. The minimum Gasteiger partial charge on any atom is -0.346 e. The van der Waals surface area contributed by atoms with Gasteiger partial charge in [-0.1, -0.05) is 30.3 Å². The summed E-state index contributed by atoms with van der Waals surface area (Å²) in [6.07, 6.45) is 0. The SMILES string of the molecule is N#Cc1ccc(C(=O)NCc2csc(-c3ccccc3)n2)cc1. The van der Waals surface area contributed by atoms with Crippen molar-refractivity contribution in [3.63, 3.8) is 0 Å². The first kappa shape index (κ1) is 14.9. The Kier molecular flexibility index (Phi) is 4.46. The van der Waals surface area contributed by atoms with Crippen molar-refractivity contribution in [1.29, 1.82) is 5.26 Å². The van der Waals surface area contributed by atoms with Crippen molar-refractivity contribution in [2.75, 3.05) is 0 Å². The largest absolute Gasteiger partial charge is 0.346 e. The molecule has 112 valence electrons. The van der Waals surface area contributed by atoms with Crippen molar-refractivity contribution in [2.45, 2.75) is 6.54 Å². The van der Waals surface area contributed by atoms with Gasteiger partial charge in [0.1, 0.15) is 5.01 Å². The van der Waals surface area contributed by atoms with Gasteiger partial charge < -0.3 is 5.32 Å². The fraction of sp³-hybridized carbons (Fsp3) is 0.0556. The molecule has 0 unspecified atom stereocenters. The van der Waals surface area contributed by atoms with Crippen LogP contribution in [-0.4, -0.2) is 10.9 Å². The number of benzene rings is 2. The fourth-order valence-electron chi connectivity index (χ4n) is 2.07. The number of nitriles is 1. The molecule has 0 aliphatic heterocycles. The van der Waals surface area contributed by atoms with Crippen LogP contribution < -0.4 is 5.32 Å². The number of hydrogen-bond donors (Lipinski definition) is 1. The van der Waals surface area contributed by atoms with E-state index in [1.807, 2.05) is 41.8 Å². The Hall–Kier alpha value is -2.97. The number of nitrogens with zero attached hydrogens (tertiary/aromatic N) is 2. The predicted octanol–water partition coefficient (Wildman–Crippen LogP) is 3.61. The smallest absolute Gasteiger partial charge is 0.251 e. The zero-order valence-corrected chi connectivity index (χ0v) is 13.0. The molecule has 5 heteroatoms. The van der Waals surface area contributed by atoms with Gasteiger partial charge in [-0.2, -0.15) is 5.26 Å². The molecule has 0 aliphatic rings.